The summed E-state index contributed by atoms with van der Waals surface area (Å²) < 4.78 is 13.8. The highest BCUT2D eigenvalue weighted by molar-refractivity contribution is 5.94. The molecule has 0 amide bonds. The number of pyridine rings is 1. The summed E-state index contributed by atoms with van der Waals surface area (Å²) >= 11 is 0. The number of benzene rings is 2. The second kappa shape index (κ2) is 6.97. The first kappa shape index (κ1) is 18.0. The molecule has 4 aromatic rings. The Kier molecular flexibility index (Phi) is 4.48. The molecule has 5 heteroatoms. The van der Waals surface area contributed by atoms with Gasteiger partial charge in [0.25, 0.3) is 0 Å². The van der Waals surface area contributed by atoms with Crippen molar-refractivity contribution in [3.63, 3.8) is 0 Å². The van der Waals surface area contributed by atoms with Crippen molar-refractivity contribution in [1.29, 1.82) is 5.26 Å². The molecule has 28 heavy (non-hydrogen) atoms. The molecule has 0 unspecified atom stereocenters. The molecular weight excluding hydrogens is 351 g/mol. The van der Waals surface area contributed by atoms with Crippen LogP contribution in [0.2, 0.25) is 0 Å². The second-order valence-corrected chi connectivity index (χ2v) is 7.23. The fourth-order valence-electron chi connectivity index (χ4n) is 3.91. The number of halogens is 1. The van der Waals surface area contributed by atoms with E-state index in [1.165, 1.54) is 45.9 Å². The molecule has 0 aliphatic heterocycles. The summed E-state index contributed by atoms with van der Waals surface area (Å²) in [4.78, 5) is 7.74. The van der Waals surface area contributed by atoms with Crippen molar-refractivity contribution >= 4 is 27.5 Å². The number of aromatic nitrogens is 2. The average Bonchev–Trinajstić information content (AvgIpc) is 2.98. The monoisotopic (exact) mass is 372 g/mol. The van der Waals surface area contributed by atoms with E-state index < -0.39 is 0 Å². The van der Waals surface area contributed by atoms with Gasteiger partial charge in [0.05, 0.1) is 16.8 Å². The largest absolute Gasteiger partial charge is 0.383 e. The summed E-state index contributed by atoms with van der Waals surface area (Å²) in [6.07, 6.45) is 2.32. The molecular formula is C23H21FN4. The van der Waals surface area contributed by atoms with Crippen LogP contribution in [-0.2, 0) is 6.42 Å². The van der Waals surface area contributed by atoms with Gasteiger partial charge in [-0.25, -0.2) is 4.39 Å². The Morgan fingerprint density at radius 1 is 1.14 bits per heavy atom. The first-order valence-corrected chi connectivity index (χ1v) is 9.28. The Hall–Kier alpha value is -3.39. The number of nitrogens with zero attached hydrogens (tertiary/aromatic N) is 2. The number of anilines is 1. The Bertz CT molecular complexity index is 1250. The minimum Gasteiger partial charge on any atom is -0.383 e. The predicted octanol–water partition coefficient (Wildman–Crippen LogP) is 5.31. The van der Waals surface area contributed by atoms with Crippen molar-refractivity contribution in [3.05, 3.63) is 70.3 Å². The maximum Gasteiger partial charge on any atom is 0.124 e. The van der Waals surface area contributed by atoms with E-state index in [9.17, 15) is 9.65 Å². The third-order valence-corrected chi connectivity index (χ3v) is 5.20. The lowest BCUT2D eigenvalue weighted by Crippen LogP contribution is -2.08. The molecule has 0 spiro atoms. The van der Waals surface area contributed by atoms with Gasteiger partial charge in [-0.3, -0.25) is 4.98 Å². The van der Waals surface area contributed by atoms with Gasteiger partial charge in [0.1, 0.15) is 11.9 Å². The first-order chi connectivity index (χ1) is 13.5. The molecule has 2 N–H and O–H groups in total. The minimum atomic E-state index is -0.342. The lowest BCUT2D eigenvalue weighted by atomic mass is 10.0. The fourth-order valence-corrected chi connectivity index (χ4v) is 3.91. The van der Waals surface area contributed by atoms with Gasteiger partial charge in [-0.05, 0) is 62.6 Å². The van der Waals surface area contributed by atoms with E-state index in [1.54, 1.807) is 6.07 Å². The summed E-state index contributed by atoms with van der Waals surface area (Å²) in [5, 5.41) is 14.7. The highest BCUT2D eigenvalue weighted by atomic mass is 19.1. The van der Waals surface area contributed by atoms with Crippen LogP contribution in [0.1, 0.15) is 27.9 Å². The lowest BCUT2D eigenvalue weighted by molar-refractivity contribution is 0.629. The van der Waals surface area contributed by atoms with Crippen molar-refractivity contribution < 1.29 is 4.39 Å². The van der Waals surface area contributed by atoms with Gasteiger partial charge in [0.15, 0.2) is 0 Å². The van der Waals surface area contributed by atoms with Gasteiger partial charge in [0.2, 0.25) is 0 Å². The van der Waals surface area contributed by atoms with E-state index in [-0.39, 0.29) is 5.82 Å². The van der Waals surface area contributed by atoms with E-state index >= 15 is 0 Å². The molecule has 2 heterocycles. The van der Waals surface area contributed by atoms with Crippen molar-refractivity contribution in [1.82, 2.24) is 9.97 Å². The van der Waals surface area contributed by atoms with E-state index in [0.717, 1.165) is 12.1 Å². The van der Waals surface area contributed by atoms with Crippen molar-refractivity contribution in [2.75, 3.05) is 11.9 Å². The van der Waals surface area contributed by atoms with Crippen molar-refractivity contribution in [2.24, 2.45) is 0 Å². The highest BCUT2D eigenvalue weighted by Gasteiger charge is 2.13. The Labute approximate surface area is 163 Å². The summed E-state index contributed by atoms with van der Waals surface area (Å²) in [5.41, 5.74) is 7.77. The van der Waals surface area contributed by atoms with Gasteiger partial charge < -0.3 is 10.3 Å². The number of nitriles is 1. The normalized spacial score (nSPS) is 11.1. The lowest BCUT2D eigenvalue weighted by Gasteiger charge is -2.12. The summed E-state index contributed by atoms with van der Waals surface area (Å²) in [5.74, 6) is -0.342. The van der Waals surface area contributed by atoms with Crippen LogP contribution in [0.5, 0.6) is 0 Å². The molecule has 0 fully saturated rings. The third-order valence-electron chi connectivity index (χ3n) is 5.20. The number of H-pyrrole nitrogens is 1. The number of nitrogens with one attached hydrogen (secondary N) is 2. The molecule has 0 aliphatic rings. The molecule has 0 atom stereocenters. The van der Waals surface area contributed by atoms with E-state index in [1.807, 2.05) is 0 Å². The van der Waals surface area contributed by atoms with Crippen LogP contribution in [0, 0.1) is 37.9 Å². The SMILES string of the molecule is Cc1cc(C)c2[nH]c(C)c(CCNc3c(C#N)cnc4ccc(F)cc34)c2c1. The number of hydrogen-bond acceptors (Lipinski definition) is 3. The average molecular weight is 372 g/mol. The number of fused-ring (bicyclic) bond motifs is 2. The summed E-state index contributed by atoms with van der Waals surface area (Å²) in [6.45, 7) is 6.94. The molecule has 0 saturated heterocycles. The quantitative estimate of drug-likeness (QED) is 0.510. The fraction of sp³-hybridized carbons (Fsp3) is 0.217. The molecule has 0 bridgehead atoms. The Morgan fingerprint density at radius 3 is 2.75 bits per heavy atom. The van der Waals surface area contributed by atoms with Crippen LogP contribution in [0.25, 0.3) is 21.8 Å². The van der Waals surface area contributed by atoms with Gasteiger partial charge in [-0.15, -0.1) is 0 Å². The summed E-state index contributed by atoms with van der Waals surface area (Å²) in [6, 6.07) is 11.0. The molecule has 0 aliphatic carbocycles. The third kappa shape index (κ3) is 3.07. The van der Waals surface area contributed by atoms with Gasteiger partial charge in [-0.2, -0.15) is 5.26 Å². The van der Waals surface area contributed by atoms with E-state index in [2.05, 4.69) is 54.3 Å². The van der Waals surface area contributed by atoms with Crippen LogP contribution >= 0.6 is 0 Å². The smallest absolute Gasteiger partial charge is 0.124 e. The zero-order valence-electron chi connectivity index (χ0n) is 16.2. The number of aromatic amines is 1. The van der Waals surface area contributed by atoms with Crippen LogP contribution in [0.15, 0.2) is 36.5 Å². The zero-order chi connectivity index (χ0) is 19.8. The number of aryl methyl sites for hydroxylation is 3. The molecule has 4 nitrogen and oxygen atoms in total. The molecule has 4 rings (SSSR count). The van der Waals surface area contributed by atoms with Crippen LogP contribution in [0.4, 0.5) is 10.1 Å². The standard InChI is InChI=1S/C23H21FN4/c1-13-8-14(2)22-19(9-13)18(15(3)28-22)6-7-26-23-16(11-25)12-27-21-5-4-17(24)10-20(21)23/h4-5,8-10,12,28H,6-7H2,1-3H3,(H,26,27). The second-order valence-electron chi connectivity index (χ2n) is 7.23. The minimum absolute atomic E-state index is 0.342. The highest BCUT2D eigenvalue weighted by Crippen LogP contribution is 2.29. The van der Waals surface area contributed by atoms with E-state index in [0.29, 0.717) is 28.7 Å². The van der Waals surface area contributed by atoms with Gasteiger partial charge in [-0.1, -0.05) is 11.6 Å². The zero-order valence-corrected chi connectivity index (χ0v) is 16.2. The molecule has 0 radical (unpaired) electrons. The number of rotatable bonds is 4. The van der Waals surface area contributed by atoms with E-state index in [4.69, 9.17) is 0 Å². The predicted molar refractivity (Wildman–Crippen MR) is 111 cm³/mol. The van der Waals surface area contributed by atoms with Crippen molar-refractivity contribution in [2.45, 2.75) is 27.2 Å². The van der Waals surface area contributed by atoms with Crippen LogP contribution in [0.3, 0.4) is 0 Å². The van der Waals surface area contributed by atoms with Crippen LogP contribution < -0.4 is 5.32 Å². The van der Waals surface area contributed by atoms with Gasteiger partial charge >= 0.3 is 0 Å². The molecule has 2 aromatic carbocycles. The molecule has 140 valence electrons. The topological polar surface area (TPSA) is 64.5 Å². The first-order valence-electron chi connectivity index (χ1n) is 9.28. The van der Waals surface area contributed by atoms with Crippen LogP contribution in [-0.4, -0.2) is 16.5 Å². The molecule has 2 aromatic heterocycles. The molecule has 0 saturated carbocycles. The number of hydrogen-bond donors (Lipinski definition) is 2. The maximum absolute atomic E-state index is 13.8. The Morgan fingerprint density at radius 2 is 1.96 bits per heavy atom. The summed E-state index contributed by atoms with van der Waals surface area (Å²) in [7, 11) is 0. The van der Waals surface area contributed by atoms with Crippen molar-refractivity contribution in [3.8, 4) is 6.07 Å². The maximum atomic E-state index is 13.8. The van der Waals surface area contributed by atoms with Gasteiger partial charge in [0, 0.05) is 34.7 Å². The Balaban J connectivity index is 1.67.